The van der Waals surface area contributed by atoms with Gasteiger partial charge in [-0.25, -0.2) is 24.3 Å². The minimum atomic E-state index is 0. The maximum absolute atomic E-state index is 2.99. The first-order valence-electron chi connectivity index (χ1n) is 3.43. The zero-order chi connectivity index (χ0) is 7.07. The summed E-state index contributed by atoms with van der Waals surface area (Å²) in [5.74, 6) is 0. The van der Waals surface area contributed by atoms with E-state index in [-0.39, 0.29) is 55.9 Å². The smallest absolute Gasteiger partial charge is 0.273 e. The van der Waals surface area contributed by atoms with E-state index in [2.05, 4.69) is 24.3 Å². The molecular weight excluding hydrogens is 429 g/mol. The number of allylic oxidation sites excluding steroid dienone is 8. The molecule has 0 aromatic carbocycles. The molecule has 0 N–H and O–H groups in total. The maximum Gasteiger partial charge on any atom is 2.00 e. The number of halogens is 2. The van der Waals surface area contributed by atoms with Gasteiger partial charge < -0.3 is 0 Å². The standard InChI is InChI=1S/2C5H5.2ClH.U/c2*1-2-4-5-3-1;;;/h2*1-3H,4H2;2*1H;/q2*-1;;;+2. The topological polar surface area (TPSA) is 0 Å². The van der Waals surface area contributed by atoms with E-state index in [0.29, 0.717) is 0 Å². The molecule has 0 unspecified atom stereocenters. The second-order valence-electron chi connectivity index (χ2n) is 2.01. The summed E-state index contributed by atoms with van der Waals surface area (Å²) in [6.07, 6.45) is 20.0. The van der Waals surface area contributed by atoms with Crippen molar-refractivity contribution in [3.63, 3.8) is 0 Å². The van der Waals surface area contributed by atoms with Crippen LogP contribution >= 0.6 is 24.8 Å². The summed E-state index contributed by atoms with van der Waals surface area (Å²) in [7, 11) is 0. The van der Waals surface area contributed by atoms with Crippen LogP contribution in [0.2, 0.25) is 0 Å². The monoisotopic (exact) mass is 440 g/mol. The Balaban J connectivity index is -0.000000125. The minimum Gasteiger partial charge on any atom is -0.273 e. The molecule has 0 aliphatic heterocycles. The van der Waals surface area contributed by atoms with Gasteiger partial charge in [0.15, 0.2) is 0 Å². The molecule has 0 fully saturated rings. The molecule has 0 heterocycles. The van der Waals surface area contributed by atoms with Crippen LogP contribution in [-0.4, -0.2) is 0 Å². The number of hydrogen-bond donors (Lipinski definition) is 0. The van der Waals surface area contributed by atoms with Crippen molar-refractivity contribution < 1.29 is 31.1 Å². The minimum absolute atomic E-state index is 0. The molecule has 0 saturated heterocycles. The predicted octanol–water partition coefficient (Wildman–Crippen LogP) is 3.45. The molecule has 13 heavy (non-hydrogen) atoms. The van der Waals surface area contributed by atoms with Crippen molar-refractivity contribution in [1.82, 2.24) is 0 Å². The van der Waals surface area contributed by atoms with Crippen molar-refractivity contribution in [3.8, 4) is 0 Å². The van der Waals surface area contributed by atoms with Gasteiger partial charge >= 0.3 is 31.1 Å². The van der Waals surface area contributed by atoms with Crippen molar-refractivity contribution in [2.75, 3.05) is 0 Å². The molecule has 0 spiro atoms. The first-order chi connectivity index (χ1) is 5.00. The van der Waals surface area contributed by atoms with Crippen LogP contribution in [-0.2, 0) is 0 Å². The molecule has 2 rings (SSSR count). The third-order valence-corrected chi connectivity index (χ3v) is 1.17. The van der Waals surface area contributed by atoms with Gasteiger partial charge in [-0.1, -0.05) is 0 Å². The molecule has 3 heteroatoms. The van der Waals surface area contributed by atoms with Gasteiger partial charge in [0.1, 0.15) is 0 Å². The molecule has 0 atom stereocenters. The van der Waals surface area contributed by atoms with E-state index in [9.17, 15) is 0 Å². The Morgan fingerprint density at radius 1 is 0.769 bits per heavy atom. The van der Waals surface area contributed by atoms with Gasteiger partial charge in [0, 0.05) is 0 Å². The Hall–Kier alpha value is 0.592. The number of hydrogen-bond acceptors (Lipinski definition) is 0. The van der Waals surface area contributed by atoms with E-state index in [1.54, 1.807) is 0 Å². The third kappa shape index (κ3) is 12.6. The Bertz CT molecular complexity index is 151. The first-order valence-corrected chi connectivity index (χ1v) is 3.43. The summed E-state index contributed by atoms with van der Waals surface area (Å²) in [5.41, 5.74) is 0. The van der Waals surface area contributed by atoms with Crippen molar-refractivity contribution in [1.29, 1.82) is 0 Å². The molecule has 0 saturated carbocycles. The second kappa shape index (κ2) is 15.1. The van der Waals surface area contributed by atoms with Crippen LogP contribution in [0.5, 0.6) is 0 Å². The van der Waals surface area contributed by atoms with Gasteiger partial charge in [0.25, 0.3) is 0 Å². The zero-order valence-electron chi connectivity index (χ0n) is 7.19. The molecule has 0 aromatic rings. The summed E-state index contributed by atoms with van der Waals surface area (Å²) in [5, 5.41) is 0. The Morgan fingerprint density at radius 2 is 1.15 bits per heavy atom. The summed E-state index contributed by atoms with van der Waals surface area (Å²) in [6.45, 7) is 0. The van der Waals surface area contributed by atoms with Crippen LogP contribution in [0.15, 0.2) is 36.5 Å². The molecule has 0 nitrogen and oxygen atoms in total. The zero-order valence-corrected chi connectivity index (χ0v) is 13.0. The van der Waals surface area contributed by atoms with Gasteiger partial charge in [0.05, 0.1) is 0 Å². The van der Waals surface area contributed by atoms with E-state index >= 15 is 0 Å². The van der Waals surface area contributed by atoms with Crippen LogP contribution in [0.3, 0.4) is 0 Å². The summed E-state index contributed by atoms with van der Waals surface area (Å²) < 4.78 is 0. The second-order valence-corrected chi connectivity index (χ2v) is 2.01. The van der Waals surface area contributed by atoms with Crippen LogP contribution in [0.1, 0.15) is 12.8 Å². The molecule has 2 aliphatic carbocycles. The van der Waals surface area contributed by atoms with Crippen molar-refractivity contribution in [2.24, 2.45) is 0 Å². The van der Waals surface area contributed by atoms with Gasteiger partial charge in [-0.05, 0) is 0 Å². The molecular formula is C10H12Cl2U. The fourth-order valence-corrected chi connectivity index (χ4v) is 0.680. The molecule has 0 bridgehead atoms. The fraction of sp³-hybridized carbons (Fsp3) is 0.200. The Morgan fingerprint density at radius 3 is 1.23 bits per heavy atom. The van der Waals surface area contributed by atoms with Crippen molar-refractivity contribution >= 4 is 24.8 Å². The van der Waals surface area contributed by atoms with Gasteiger partial charge in [-0.15, -0.1) is 37.7 Å². The largest absolute Gasteiger partial charge is 2.00 e. The average molecular weight is 441 g/mol. The van der Waals surface area contributed by atoms with E-state index < -0.39 is 0 Å². The van der Waals surface area contributed by atoms with Crippen LogP contribution in [0.4, 0.5) is 0 Å². The molecule has 0 amide bonds. The van der Waals surface area contributed by atoms with Gasteiger partial charge in [0.2, 0.25) is 0 Å². The van der Waals surface area contributed by atoms with Crippen molar-refractivity contribution in [2.45, 2.75) is 12.8 Å². The fourth-order valence-electron chi connectivity index (χ4n) is 0.680. The van der Waals surface area contributed by atoms with E-state index in [0.717, 1.165) is 12.8 Å². The normalized spacial score (nSPS) is 13.5. The predicted molar refractivity (Wildman–Crippen MR) is 57.6 cm³/mol. The van der Waals surface area contributed by atoms with Gasteiger partial charge in [-0.2, -0.15) is 12.2 Å². The first kappa shape index (κ1) is 19.2. The van der Waals surface area contributed by atoms with Crippen LogP contribution in [0, 0.1) is 43.3 Å². The third-order valence-electron chi connectivity index (χ3n) is 1.17. The van der Waals surface area contributed by atoms with Crippen molar-refractivity contribution in [3.05, 3.63) is 48.6 Å². The Labute approximate surface area is 116 Å². The number of rotatable bonds is 0. The summed E-state index contributed by atoms with van der Waals surface area (Å²) in [4.78, 5) is 0. The maximum atomic E-state index is 2.99. The van der Waals surface area contributed by atoms with Crippen LogP contribution in [0.25, 0.3) is 0 Å². The summed E-state index contributed by atoms with van der Waals surface area (Å²) >= 11 is 0. The molecule has 0 aromatic heterocycles. The van der Waals surface area contributed by atoms with Gasteiger partial charge in [-0.3, -0.25) is 12.2 Å². The van der Waals surface area contributed by atoms with E-state index in [1.165, 1.54) is 0 Å². The average Bonchev–Trinajstić information content (AvgIpc) is 2.67. The molecule has 70 valence electrons. The van der Waals surface area contributed by atoms with E-state index in [1.807, 2.05) is 24.3 Å². The van der Waals surface area contributed by atoms with Crippen LogP contribution < -0.4 is 0 Å². The summed E-state index contributed by atoms with van der Waals surface area (Å²) in [6, 6.07) is 0. The molecule has 0 radical (unpaired) electrons. The quantitative estimate of drug-likeness (QED) is 0.506. The molecule has 2 aliphatic rings. The Kier molecular flexibility index (Phi) is 22.3. The SMILES string of the molecule is Cl.Cl.[C-]1=CC=CC1.[C-]1=CC=CC1.[U+2]. The van der Waals surface area contributed by atoms with E-state index in [4.69, 9.17) is 0 Å².